The largest absolute Gasteiger partial charge is 0.468 e. The van der Waals surface area contributed by atoms with Gasteiger partial charge < -0.3 is 9.16 Å². The molecule has 2 aromatic carbocycles. The molecule has 2 atom stereocenters. The van der Waals surface area contributed by atoms with Crippen molar-refractivity contribution in [3.05, 3.63) is 72.8 Å². The first-order valence-electron chi connectivity index (χ1n) is 11.0. The van der Waals surface area contributed by atoms with Crippen LogP contribution in [-0.2, 0) is 14.0 Å². The van der Waals surface area contributed by atoms with E-state index in [1.807, 2.05) is 12.1 Å². The summed E-state index contributed by atoms with van der Waals surface area (Å²) < 4.78 is 12.4. The number of esters is 1. The molecule has 1 aliphatic heterocycles. The van der Waals surface area contributed by atoms with E-state index in [2.05, 4.69) is 81.2 Å². The molecular formula is C26H35Cl2NO3Si. The fraction of sp³-hybridized carbons (Fsp3) is 0.423. The van der Waals surface area contributed by atoms with Gasteiger partial charge in [-0.25, -0.2) is 0 Å². The number of nitrogens with one attached hydrogen (secondary N) is 1. The summed E-state index contributed by atoms with van der Waals surface area (Å²) in [5, 5.41) is 5.73. The van der Waals surface area contributed by atoms with E-state index in [-0.39, 0.29) is 29.5 Å². The minimum atomic E-state index is -2.71. The van der Waals surface area contributed by atoms with Gasteiger partial charge in [0.05, 0.1) is 13.2 Å². The van der Waals surface area contributed by atoms with E-state index >= 15 is 0 Å². The maximum absolute atomic E-state index is 12.8. The normalized spacial score (nSPS) is 20.7. The van der Waals surface area contributed by atoms with Crippen molar-refractivity contribution in [1.29, 1.82) is 0 Å². The Labute approximate surface area is 210 Å². The number of carbonyl (C=O) groups is 1. The number of hydrogen-bond donors (Lipinski definition) is 1. The van der Waals surface area contributed by atoms with Gasteiger partial charge in [-0.2, -0.15) is 0 Å². The van der Waals surface area contributed by atoms with Crippen molar-refractivity contribution in [3.8, 4) is 0 Å². The topological polar surface area (TPSA) is 47.6 Å². The van der Waals surface area contributed by atoms with E-state index in [1.54, 1.807) is 0 Å². The minimum Gasteiger partial charge on any atom is -0.468 e. The van der Waals surface area contributed by atoms with Gasteiger partial charge in [0.25, 0.3) is 8.32 Å². The Hall–Kier alpha value is -1.63. The monoisotopic (exact) mass is 507 g/mol. The van der Waals surface area contributed by atoms with Crippen LogP contribution in [0.15, 0.2) is 72.8 Å². The molecule has 33 heavy (non-hydrogen) atoms. The predicted octanol–water partition coefficient (Wildman–Crippen LogP) is 4.44. The Bertz CT molecular complexity index is 894. The van der Waals surface area contributed by atoms with Crippen molar-refractivity contribution < 1.29 is 14.0 Å². The standard InChI is InChI=1S/C26H34ClNO3Si.ClH/c1-20(18-27)16-26(24(29)30-5)17-21(19-28-26)31-32(25(2,3)4,22-12-8-6-9-13-22)23-14-10-7-11-15-23;/h6-15,21,28H,1,16-19H2,2-5H3;1H/t21-,26-;/m1./s1. The first-order chi connectivity index (χ1) is 15.2. The van der Waals surface area contributed by atoms with Crippen LogP contribution in [0.5, 0.6) is 0 Å². The van der Waals surface area contributed by atoms with E-state index < -0.39 is 13.9 Å². The van der Waals surface area contributed by atoms with E-state index in [1.165, 1.54) is 17.5 Å². The molecule has 1 heterocycles. The Morgan fingerprint density at radius 2 is 1.64 bits per heavy atom. The number of rotatable bonds is 8. The zero-order valence-corrected chi connectivity index (χ0v) is 22.5. The SMILES string of the molecule is C=C(CCl)C[C@]1(C(=O)OC)C[C@@H](O[Si](c2ccccc2)(c2ccccc2)C(C)(C)C)CN1.Cl. The van der Waals surface area contributed by atoms with Crippen molar-refractivity contribution >= 4 is 48.7 Å². The first kappa shape index (κ1) is 27.6. The zero-order valence-electron chi connectivity index (χ0n) is 19.9. The second-order valence-corrected chi connectivity index (χ2v) is 14.1. The van der Waals surface area contributed by atoms with Crippen LogP contribution in [0.3, 0.4) is 0 Å². The van der Waals surface area contributed by atoms with Crippen molar-refractivity contribution in [2.45, 2.75) is 50.3 Å². The first-order valence-corrected chi connectivity index (χ1v) is 13.5. The number of benzene rings is 2. The highest BCUT2D eigenvalue weighted by Gasteiger charge is 2.54. The summed E-state index contributed by atoms with van der Waals surface area (Å²) in [5.41, 5.74) is -0.0628. The highest BCUT2D eigenvalue weighted by molar-refractivity contribution is 6.99. The third-order valence-corrected chi connectivity index (χ3v) is 11.8. The number of halogens is 2. The molecule has 0 aliphatic carbocycles. The lowest BCUT2D eigenvalue weighted by Crippen LogP contribution is -2.67. The van der Waals surface area contributed by atoms with E-state index in [4.69, 9.17) is 20.8 Å². The molecule has 7 heteroatoms. The molecule has 0 aromatic heterocycles. The quantitative estimate of drug-likeness (QED) is 0.248. The fourth-order valence-corrected chi connectivity index (χ4v) is 9.67. The van der Waals surface area contributed by atoms with Gasteiger partial charge in [0.2, 0.25) is 0 Å². The van der Waals surface area contributed by atoms with Gasteiger partial charge in [0.15, 0.2) is 0 Å². The summed E-state index contributed by atoms with van der Waals surface area (Å²) in [6.45, 7) is 11.3. The average Bonchev–Trinajstić information content (AvgIpc) is 3.20. The molecule has 1 saturated heterocycles. The minimum absolute atomic E-state index is 0. The molecule has 0 spiro atoms. The Morgan fingerprint density at radius 3 is 2.06 bits per heavy atom. The summed E-state index contributed by atoms with van der Waals surface area (Å²) in [6.07, 6.45) is 0.799. The van der Waals surface area contributed by atoms with Gasteiger partial charge in [-0.1, -0.05) is 93.6 Å². The van der Waals surface area contributed by atoms with Crippen LogP contribution in [0.4, 0.5) is 0 Å². The highest BCUT2D eigenvalue weighted by atomic mass is 35.5. The number of alkyl halides is 1. The van der Waals surface area contributed by atoms with Gasteiger partial charge in [-0.3, -0.25) is 10.1 Å². The lowest BCUT2D eigenvalue weighted by Gasteiger charge is -2.44. The molecular weight excluding hydrogens is 473 g/mol. The Balaban J connectivity index is 0.00000385. The van der Waals surface area contributed by atoms with Crippen molar-refractivity contribution in [1.82, 2.24) is 5.32 Å². The van der Waals surface area contributed by atoms with Crippen LogP contribution in [0.25, 0.3) is 0 Å². The summed E-state index contributed by atoms with van der Waals surface area (Å²) in [5.74, 6) is 0.0121. The number of methoxy groups -OCH3 is 1. The molecule has 0 saturated carbocycles. The maximum Gasteiger partial charge on any atom is 0.326 e. The molecule has 3 rings (SSSR count). The Morgan fingerprint density at radius 1 is 1.12 bits per heavy atom. The predicted molar refractivity (Wildman–Crippen MR) is 142 cm³/mol. The molecule has 0 amide bonds. The van der Waals surface area contributed by atoms with E-state index in [9.17, 15) is 4.79 Å². The van der Waals surface area contributed by atoms with Crippen LogP contribution in [0.2, 0.25) is 5.04 Å². The van der Waals surface area contributed by atoms with Gasteiger partial charge in [-0.05, 0) is 21.8 Å². The summed E-state index contributed by atoms with van der Waals surface area (Å²) in [4.78, 5) is 12.8. The van der Waals surface area contributed by atoms with Crippen LogP contribution in [0.1, 0.15) is 33.6 Å². The van der Waals surface area contributed by atoms with Gasteiger partial charge in [0, 0.05) is 18.8 Å². The van der Waals surface area contributed by atoms with Crippen LogP contribution < -0.4 is 15.7 Å². The molecule has 1 N–H and O–H groups in total. The lowest BCUT2D eigenvalue weighted by molar-refractivity contribution is -0.148. The van der Waals surface area contributed by atoms with Gasteiger partial charge >= 0.3 is 5.97 Å². The lowest BCUT2D eigenvalue weighted by atomic mass is 9.89. The summed E-state index contributed by atoms with van der Waals surface area (Å²) in [6, 6.07) is 21.1. The van der Waals surface area contributed by atoms with Crippen molar-refractivity contribution in [3.63, 3.8) is 0 Å². The second-order valence-electron chi connectivity index (χ2n) is 9.62. The third-order valence-electron chi connectivity index (χ3n) is 6.32. The molecule has 0 unspecified atom stereocenters. The Kier molecular flexibility index (Phi) is 9.37. The molecule has 4 nitrogen and oxygen atoms in total. The van der Waals surface area contributed by atoms with Crippen LogP contribution >= 0.6 is 24.0 Å². The average molecular weight is 509 g/mol. The number of hydrogen-bond acceptors (Lipinski definition) is 4. The summed E-state index contributed by atoms with van der Waals surface area (Å²) in [7, 11) is -1.29. The number of carbonyl (C=O) groups excluding carboxylic acids is 1. The zero-order chi connectivity index (χ0) is 23.4. The van der Waals surface area contributed by atoms with Gasteiger partial charge in [-0.15, -0.1) is 24.0 Å². The smallest absolute Gasteiger partial charge is 0.326 e. The molecule has 2 aromatic rings. The molecule has 0 radical (unpaired) electrons. The van der Waals surface area contributed by atoms with Crippen LogP contribution in [0, 0.1) is 0 Å². The maximum atomic E-state index is 12.8. The van der Waals surface area contributed by atoms with Gasteiger partial charge in [0.1, 0.15) is 5.54 Å². The second kappa shape index (κ2) is 11.2. The van der Waals surface area contributed by atoms with E-state index in [0.29, 0.717) is 25.3 Å². The van der Waals surface area contributed by atoms with Crippen LogP contribution in [-0.4, -0.2) is 45.5 Å². The highest BCUT2D eigenvalue weighted by Crippen LogP contribution is 2.40. The molecule has 1 aliphatic rings. The number of ether oxygens (including phenoxy) is 1. The van der Waals surface area contributed by atoms with Crippen molar-refractivity contribution in [2.24, 2.45) is 0 Å². The summed E-state index contributed by atoms with van der Waals surface area (Å²) >= 11 is 6.00. The van der Waals surface area contributed by atoms with E-state index in [0.717, 1.165) is 5.57 Å². The van der Waals surface area contributed by atoms with Crippen molar-refractivity contribution in [2.75, 3.05) is 19.5 Å². The molecule has 1 fully saturated rings. The fourth-order valence-electron chi connectivity index (χ4n) is 4.90. The molecule has 0 bridgehead atoms. The third kappa shape index (κ3) is 5.55. The molecule has 180 valence electrons.